The third kappa shape index (κ3) is 3.04. The first-order valence-corrected chi connectivity index (χ1v) is 6.60. The van der Waals surface area contributed by atoms with Gasteiger partial charge in [-0.05, 0) is 36.2 Å². The molecule has 0 fully saturated rings. The maximum atomic E-state index is 8.84. The highest BCUT2D eigenvalue weighted by Gasteiger charge is 2.08. The summed E-state index contributed by atoms with van der Waals surface area (Å²) in [6.07, 6.45) is 0.930. The Morgan fingerprint density at radius 2 is 1.95 bits per heavy atom. The van der Waals surface area contributed by atoms with Crippen molar-refractivity contribution in [3.05, 3.63) is 52.5 Å². The first kappa shape index (κ1) is 14.2. The van der Waals surface area contributed by atoms with Crippen molar-refractivity contribution < 1.29 is 9.47 Å². The lowest BCUT2D eigenvalue weighted by Gasteiger charge is -2.12. The predicted octanol–water partition coefficient (Wildman–Crippen LogP) is 4.57. The van der Waals surface area contributed by atoms with Gasteiger partial charge >= 0.3 is 0 Å². The number of nitriles is 1. The van der Waals surface area contributed by atoms with Gasteiger partial charge in [-0.25, -0.2) is 0 Å². The molecule has 0 radical (unpaired) electrons. The summed E-state index contributed by atoms with van der Waals surface area (Å²) in [6.45, 7) is 2.08. The number of methoxy groups -OCH3 is 1. The molecule has 2 rings (SSSR count). The molecule has 0 aliphatic carbocycles. The van der Waals surface area contributed by atoms with Crippen LogP contribution < -0.4 is 9.47 Å². The van der Waals surface area contributed by atoms with E-state index in [4.69, 9.17) is 26.3 Å². The number of ether oxygens (including phenoxy) is 2. The summed E-state index contributed by atoms with van der Waals surface area (Å²) in [5.74, 6) is 1.85. The molecule has 0 N–H and O–H groups in total. The molecule has 102 valence electrons. The minimum atomic E-state index is 0.370. The SMILES string of the molecule is CCc1ccc(Oc2ccc(C#N)c(Cl)c2)c(OC)c1. The fraction of sp³-hybridized carbons (Fsp3) is 0.188. The predicted molar refractivity (Wildman–Crippen MR) is 78.6 cm³/mol. The van der Waals surface area contributed by atoms with Gasteiger partial charge in [0.05, 0.1) is 17.7 Å². The van der Waals surface area contributed by atoms with Crippen LogP contribution >= 0.6 is 11.6 Å². The molecule has 0 heterocycles. The Morgan fingerprint density at radius 3 is 2.55 bits per heavy atom. The summed E-state index contributed by atoms with van der Waals surface area (Å²) in [6, 6.07) is 12.8. The van der Waals surface area contributed by atoms with E-state index in [0.717, 1.165) is 6.42 Å². The van der Waals surface area contributed by atoms with E-state index in [1.54, 1.807) is 25.3 Å². The quantitative estimate of drug-likeness (QED) is 0.827. The molecular weight excluding hydrogens is 274 g/mol. The van der Waals surface area contributed by atoms with Gasteiger partial charge in [0.15, 0.2) is 11.5 Å². The highest BCUT2D eigenvalue weighted by molar-refractivity contribution is 6.31. The highest BCUT2D eigenvalue weighted by atomic mass is 35.5. The third-order valence-electron chi connectivity index (χ3n) is 2.93. The van der Waals surface area contributed by atoms with Crippen LogP contribution in [0, 0.1) is 11.3 Å². The number of rotatable bonds is 4. The van der Waals surface area contributed by atoms with Crippen LogP contribution in [-0.4, -0.2) is 7.11 Å². The van der Waals surface area contributed by atoms with Crippen molar-refractivity contribution in [1.82, 2.24) is 0 Å². The second-order valence-corrected chi connectivity index (χ2v) is 4.60. The van der Waals surface area contributed by atoms with Crippen LogP contribution in [0.4, 0.5) is 0 Å². The monoisotopic (exact) mass is 287 g/mol. The van der Waals surface area contributed by atoms with E-state index in [-0.39, 0.29) is 0 Å². The summed E-state index contributed by atoms with van der Waals surface area (Å²) in [5.41, 5.74) is 1.60. The van der Waals surface area contributed by atoms with Gasteiger partial charge in [-0.2, -0.15) is 5.26 Å². The Kier molecular flexibility index (Phi) is 4.49. The van der Waals surface area contributed by atoms with Gasteiger partial charge in [0.2, 0.25) is 0 Å². The topological polar surface area (TPSA) is 42.2 Å². The first-order valence-electron chi connectivity index (χ1n) is 6.22. The standard InChI is InChI=1S/C16H14ClNO2/c1-3-11-4-7-15(16(8-11)19-2)20-13-6-5-12(10-18)14(17)9-13/h4-9H,3H2,1-2H3. The van der Waals surface area contributed by atoms with Gasteiger partial charge in [-0.15, -0.1) is 0 Å². The summed E-state index contributed by atoms with van der Waals surface area (Å²) in [7, 11) is 1.60. The molecule has 20 heavy (non-hydrogen) atoms. The number of hydrogen-bond acceptors (Lipinski definition) is 3. The van der Waals surface area contributed by atoms with Gasteiger partial charge in [0, 0.05) is 6.07 Å². The molecule has 0 saturated heterocycles. The summed E-state index contributed by atoms with van der Waals surface area (Å²) < 4.78 is 11.1. The Hall–Kier alpha value is -2.18. The lowest BCUT2D eigenvalue weighted by molar-refractivity contribution is 0.378. The van der Waals surface area contributed by atoms with E-state index < -0.39 is 0 Å². The Morgan fingerprint density at radius 1 is 1.15 bits per heavy atom. The molecule has 3 nitrogen and oxygen atoms in total. The molecule has 0 unspecified atom stereocenters. The van der Waals surface area contributed by atoms with E-state index in [1.165, 1.54) is 5.56 Å². The van der Waals surface area contributed by atoms with Crippen LogP contribution in [0.3, 0.4) is 0 Å². The van der Waals surface area contributed by atoms with Crippen LogP contribution in [0.2, 0.25) is 5.02 Å². The summed E-state index contributed by atoms with van der Waals surface area (Å²) in [4.78, 5) is 0. The van der Waals surface area contributed by atoms with Crippen molar-refractivity contribution in [2.75, 3.05) is 7.11 Å². The lowest BCUT2D eigenvalue weighted by atomic mass is 10.1. The number of benzene rings is 2. The van der Waals surface area contributed by atoms with Crippen LogP contribution in [0.15, 0.2) is 36.4 Å². The van der Waals surface area contributed by atoms with Gasteiger partial charge in [0.1, 0.15) is 11.8 Å². The molecule has 0 atom stereocenters. The Balaban J connectivity index is 2.30. The van der Waals surface area contributed by atoms with Crippen molar-refractivity contribution >= 4 is 11.6 Å². The number of halogens is 1. The maximum Gasteiger partial charge on any atom is 0.169 e. The van der Waals surface area contributed by atoms with E-state index in [0.29, 0.717) is 27.8 Å². The molecule has 0 aliphatic heterocycles. The van der Waals surface area contributed by atoms with Gasteiger partial charge < -0.3 is 9.47 Å². The van der Waals surface area contributed by atoms with E-state index >= 15 is 0 Å². The Labute approximate surface area is 123 Å². The molecule has 2 aromatic rings. The van der Waals surface area contributed by atoms with E-state index in [9.17, 15) is 0 Å². The summed E-state index contributed by atoms with van der Waals surface area (Å²) in [5, 5.41) is 9.21. The average Bonchev–Trinajstić information content (AvgIpc) is 2.48. The van der Waals surface area contributed by atoms with Crippen LogP contribution in [0.1, 0.15) is 18.1 Å². The van der Waals surface area contributed by atoms with Crippen LogP contribution in [0.5, 0.6) is 17.2 Å². The van der Waals surface area contributed by atoms with Crippen molar-refractivity contribution in [2.45, 2.75) is 13.3 Å². The number of aryl methyl sites for hydroxylation is 1. The third-order valence-corrected chi connectivity index (χ3v) is 3.24. The van der Waals surface area contributed by atoms with Gasteiger partial charge in [-0.1, -0.05) is 24.6 Å². The molecule has 0 aromatic heterocycles. The zero-order valence-corrected chi connectivity index (χ0v) is 12.1. The molecule has 0 bridgehead atoms. The smallest absolute Gasteiger partial charge is 0.169 e. The Bertz CT molecular complexity index is 662. The fourth-order valence-electron chi connectivity index (χ4n) is 1.79. The van der Waals surface area contributed by atoms with Crippen molar-refractivity contribution in [3.63, 3.8) is 0 Å². The largest absolute Gasteiger partial charge is 0.493 e. The molecule has 2 aromatic carbocycles. The normalized spacial score (nSPS) is 9.90. The zero-order chi connectivity index (χ0) is 14.5. The molecule has 0 saturated carbocycles. The average molecular weight is 288 g/mol. The zero-order valence-electron chi connectivity index (χ0n) is 11.3. The minimum Gasteiger partial charge on any atom is -0.493 e. The second-order valence-electron chi connectivity index (χ2n) is 4.19. The lowest BCUT2D eigenvalue weighted by Crippen LogP contribution is -1.92. The maximum absolute atomic E-state index is 8.84. The first-order chi connectivity index (χ1) is 9.67. The van der Waals surface area contributed by atoms with E-state index in [2.05, 4.69) is 6.92 Å². The van der Waals surface area contributed by atoms with Gasteiger partial charge in [-0.3, -0.25) is 0 Å². The van der Waals surface area contributed by atoms with E-state index in [1.807, 2.05) is 24.3 Å². The molecule has 0 aliphatic rings. The molecule has 4 heteroatoms. The van der Waals surface area contributed by atoms with Crippen molar-refractivity contribution in [2.24, 2.45) is 0 Å². The fourth-order valence-corrected chi connectivity index (χ4v) is 2.01. The minimum absolute atomic E-state index is 0.370. The molecule has 0 amide bonds. The molecule has 0 spiro atoms. The number of hydrogen-bond donors (Lipinski definition) is 0. The highest BCUT2D eigenvalue weighted by Crippen LogP contribution is 2.33. The van der Waals surface area contributed by atoms with Crippen molar-refractivity contribution in [3.8, 4) is 23.3 Å². The molecular formula is C16H14ClNO2. The van der Waals surface area contributed by atoms with Crippen LogP contribution in [-0.2, 0) is 6.42 Å². The summed E-state index contributed by atoms with van der Waals surface area (Å²) >= 11 is 5.98. The number of nitrogens with zero attached hydrogens (tertiary/aromatic N) is 1. The van der Waals surface area contributed by atoms with Crippen molar-refractivity contribution in [1.29, 1.82) is 5.26 Å². The second kappa shape index (κ2) is 6.31. The van der Waals surface area contributed by atoms with Gasteiger partial charge in [0.25, 0.3) is 0 Å². The van der Waals surface area contributed by atoms with Crippen LogP contribution in [0.25, 0.3) is 0 Å².